The zero-order valence-corrected chi connectivity index (χ0v) is 14.2. The molecule has 7 heteroatoms. The molecule has 24 heavy (non-hydrogen) atoms. The molecule has 1 atom stereocenters. The molecule has 5 nitrogen and oxygen atoms in total. The van der Waals surface area contributed by atoms with Crippen LogP contribution in [0.15, 0.2) is 47.4 Å². The first-order chi connectivity index (χ1) is 11.2. The summed E-state index contributed by atoms with van der Waals surface area (Å²) in [7, 11) is -1.96. The van der Waals surface area contributed by atoms with Crippen LogP contribution in [-0.4, -0.2) is 20.4 Å². The smallest absolute Gasteiger partial charge is 0.238 e. The largest absolute Gasteiger partial charge is 0.295 e. The Kier molecular flexibility index (Phi) is 5.34. The number of hydrogen-bond acceptors (Lipinski definition) is 4. The van der Waals surface area contributed by atoms with E-state index in [2.05, 4.69) is 0 Å². The fourth-order valence-corrected chi connectivity index (χ4v) is 2.93. The fraction of sp³-hybridized carbons (Fsp3) is 0.235. The van der Waals surface area contributed by atoms with E-state index in [1.807, 2.05) is 24.9 Å². The number of primary sulfonamides is 1. The summed E-state index contributed by atoms with van der Waals surface area (Å²) in [6.07, 6.45) is 0. The molecule has 0 spiro atoms. The summed E-state index contributed by atoms with van der Waals surface area (Å²) >= 11 is 0. The predicted octanol–water partition coefficient (Wildman–Crippen LogP) is 2.54. The van der Waals surface area contributed by atoms with Crippen LogP contribution in [0.3, 0.4) is 0 Å². The van der Waals surface area contributed by atoms with Gasteiger partial charge >= 0.3 is 0 Å². The standard InChI is InChI=1S/C17H18FN3O2S/c1-12(14-4-3-5-16(9-14)24(20,22)23)21(2)11-15-7-6-13(10-19)8-17(15)18/h3-9,12H,11H2,1-2H3,(H2,20,22,23). The average Bonchev–Trinajstić information content (AvgIpc) is 2.55. The third kappa shape index (κ3) is 4.17. The van der Waals surface area contributed by atoms with E-state index in [0.29, 0.717) is 12.1 Å². The second kappa shape index (κ2) is 7.09. The van der Waals surface area contributed by atoms with E-state index < -0.39 is 15.8 Å². The Labute approximate surface area is 141 Å². The highest BCUT2D eigenvalue weighted by Gasteiger charge is 2.16. The molecule has 0 aliphatic heterocycles. The summed E-state index contributed by atoms with van der Waals surface area (Å²) in [6, 6.07) is 12.5. The maximum Gasteiger partial charge on any atom is 0.238 e. The maximum absolute atomic E-state index is 14.0. The Balaban J connectivity index is 2.21. The number of rotatable bonds is 5. The normalized spacial score (nSPS) is 12.8. The molecule has 0 heterocycles. The second-order valence-corrected chi connectivity index (χ2v) is 7.19. The minimum atomic E-state index is -3.77. The van der Waals surface area contributed by atoms with Crippen molar-refractivity contribution >= 4 is 10.0 Å². The first kappa shape index (κ1) is 18.1. The van der Waals surface area contributed by atoms with Crippen LogP contribution >= 0.6 is 0 Å². The number of halogens is 1. The molecule has 0 saturated carbocycles. The van der Waals surface area contributed by atoms with Gasteiger partial charge in [-0.25, -0.2) is 17.9 Å². The Morgan fingerprint density at radius 3 is 2.58 bits per heavy atom. The molecule has 2 rings (SSSR count). The lowest BCUT2D eigenvalue weighted by Crippen LogP contribution is -2.23. The third-order valence-electron chi connectivity index (χ3n) is 3.93. The van der Waals surface area contributed by atoms with E-state index in [0.717, 1.165) is 5.56 Å². The summed E-state index contributed by atoms with van der Waals surface area (Å²) in [4.78, 5) is 1.93. The van der Waals surface area contributed by atoms with E-state index in [-0.39, 0.29) is 16.5 Å². The lowest BCUT2D eigenvalue weighted by molar-refractivity contribution is 0.249. The van der Waals surface area contributed by atoms with Crippen molar-refractivity contribution < 1.29 is 12.8 Å². The lowest BCUT2D eigenvalue weighted by Gasteiger charge is -2.25. The zero-order chi connectivity index (χ0) is 17.9. The average molecular weight is 347 g/mol. The van der Waals surface area contributed by atoms with Crippen molar-refractivity contribution in [3.63, 3.8) is 0 Å². The molecule has 0 aliphatic rings. The van der Waals surface area contributed by atoms with Crippen molar-refractivity contribution in [2.45, 2.75) is 24.4 Å². The fourth-order valence-electron chi connectivity index (χ4n) is 2.36. The predicted molar refractivity (Wildman–Crippen MR) is 88.8 cm³/mol. The van der Waals surface area contributed by atoms with E-state index in [4.69, 9.17) is 10.4 Å². The topological polar surface area (TPSA) is 87.2 Å². The van der Waals surface area contributed by atoms with Gasteiger partial charge in [-0.05, 0) is 43.8 Å². The minimum Gasteiger partial charge on any atom is -0.295 e. The van der Waals surface area contributed by atoms with Gasteiger partial charge in [0.15, 0.2) is 0 Å². The lowest BCUT2D eigenvalue weighted by atomic mass is 10.1. The highest BCUT2D eigenvalue weighted by Crippen LogP contribution is 2.23. The Hall–Kier alpha value is -2.27. The Bertz CT molecular complexity index is 891. The van der Waals surface area contributed by atoms with Gasteiger partial charge in [0, 0.05) is 18.2 Å². The van der Waals surface area contributed by atoms with Crippen molar-refractivity contribution in [1.29, 1.82) is 5.26 Å². The van der Waals surface area contributed by atoms with Gasteiger partial charge in [-0.2, -0.15) is 5.26 Å². The van der Waals surface area contributed by atoms with Crippen LogP contribution in [0.5, 0.6) is 0 Å². The summed E-state index contributed by atoms with van der Waals surface area (Å²) in [6.45, 7) is 2.21. The molecule has 0 amide bonds. The molecule has 0 bridgehead atoms. The Morgan fingerprint density at radius 1 is 1.29 bits per heavy atom. The van der Waals surface area contributed by atoms with Gasteiger partial charge in [-0.15, -0.1) is 0 Å². The van der Waals surface area contributed by atoms with Crippen LogP contribution < -0.4 is 5.14 Å². The molecule has 0 aliphatic carbocycles. The van der Waals surface area contributed by atoms with Gasteiger partial charge in [0.1, 0.15) is 5.82 Å². The number of hydrogen-bond donors (Lipinski definition) is 1. The third-order valence-corrected chi connectivity index (χ3v) is 4.84. The molecule has 2 N–H and O–H groups in total. The number of sulfonamides is 1. The van der Waals surface area contributed by atoms with Gasteiger partial charge in [-0.3, -0.25) is 4.90 Å². The quantitative estimate of drug-likeness (QED) is 0.900. The minimum absolute atomic E-state index is 0.0461. The van der Waals surface area contributed by atoms with E-state index in [1.165, 1.54) is 18.2 Å². The van der Waals surface area contributed by atoms with E-state index in [1.54, 1.807) is 24.3 Å². The van der Waals surface area contributed by atoms with Gasteiger partial charge in [0.2, 0.25) is 10.0 Å². The van der Waals surface area contributed by atoms with Crippen LogP contribution in [0.1, 0.15) is 29.7 Å². The molecule has 2 aromatic carbocycles. The monoisotopic (exact) mass is 347 g/mol. The highest BCUT2D eigenvalue weighted by molar-refractivity contribution is 7.89. The SMILES string of the molecule is CC(c1cccc(S(N)(=O)=O)c1)N(C)Cc1ccc(C#N)cc1F. The maximum atomic E-state index is 14.0. The van der Waals surface area contributed by atoms with Gasteiger partial charge in [0.05, 0.1) is 16.5 Å². The zero-order valence-electron chi connectivity index (χ0n) is 13.4. The summed E-state index contributed by atoms with van der Waals surface area (Å²) in [5.41, 5.74) is 1.50. The number of nitrogens with zero attached hydrogens (tertiary/aromatic N) is 2. The summed E-state index contributed by atoms with van der Waals surface area (Å²) in [5.74, 6) is -0.439. The number of nitriles is 1. The Morgan fingerprint density at radius 2 is 2.00 bits per heavy atom. The molecular weight excluding hydrogens is 329 g/mol. The number of benzene rings is 2. The van der Waals surface area contributed by atoms with Gasteiger partial charge < -0.3 is 0 Å². The van der Waals surface area contributed by atoms with Crippen LogP contribution in [0.2, 0.25) is 0 Å². The molecule has 126 valence electrons. The summed E-state index contributed by atoms with van der Waals surface area (Å²) < 4.78 is 36.9. The van der Waals surface area contributed by atoms with Gasteiger partial charge in [0.25, 0.3) is 0 Å². The molecule has 2 aromatic rings. The summed E-state index contributed by atoms with van der Waals surface area (Å²) in [5, 5.41) is 13.9. The van der Waals surface area contributed by atoms with Crippen LogP contribution in [0.4, 0.5) is 4.39 Å². The molecular formula is C17H18FN3O2S. The second-order valence-electron chi connectivity index (χ2n) is 5.63. The highest BCUT2D eigenvalue weighted by atomic mass is 32.2. The molecule has 0 fully saturated rings. The van der Waals surface area contributed by atoms with E-state index in [9.17, 15) is 12.8 Å². The first-order valence-electron chi connectivity index (χ1n) is 7.24. The number of nitrogens with two attached hydrogens (primary N) is 1. The molecule has 0 radical (unpaired) electrons. The molecule has 1 unspecified atom stereocenters. The van der Waals surface area contributed by atoms with Gasteiger partial charge in [-0.1, -0.05) is 18.2 Å². The van der Waals surface area contributed by atoms with E-state index >= 15 is 0 Å². The van der Waals surface area contributed by atoms with Crippen molar-refractivity contribution in [3.05, 3.63) is 65.0 Å². The van der Waals surface area contributed by atoms with Crippen LogP contribution in [0.25, 0.3) is 0 Å². The van der Waals surface area contributed by atoms with Crippen LogP contribution in [0, 0.1) is 17.1 Å². The van der Waals surface area contributed by atoms with Crippen LogP contribution in [-0.2, 0) is 16.6 Å². The van der Waals surface area contributed by atoms with Crippen molar-refractivity contribution in [3.8, 4) is 6.07 Å². The molecule has 0 saturated heterocycles. The van der Waals surface area contributed by atoms with Crippen molar-refractivity contribution in [2.75, 3.05) is 7.05 Å². The first-order valence-corrected chi connectivity index (χ1v) is 8.78. The molecule has 0 aromatic heterocycles. The van der Waals surface area contributed by atoms with Crippen molar-refractivity contribution in [2.24, 2.45) is 5.14 Å². The van der Waals surface area contributed by atoms with Crippen molar-refractivity contribution in [1.82, 2.24) is 4.90 Å².